The monoisotopic (exact) mass is 265 g/mol. The maximum absolute atomic E-state index is 11.8. The largest absolute Gasteiger partial charge is 0.494 e. The van der Waals surface area contributed by atoms with Crippen LogP contribution in [0.3, 0.4) is 0 Å². The molecule has 0 spiro atoms. The minimum Gasteiger partial charge on any atom is -0.494 e. The zero-order chi connectivity index (χ0) is 14.3. The molecular formula is C15H23NO3. The summed E-state index contributed by atoms with van der Waals surface area (Å²) in [5, 5.41) is 12.1. The van der Waals surface area contributed by atoms with Crippen LogP contribution in [0.5, 0.6) is 5.75 Å². The van der Waals surface area contributed by atoms with E-state index in [1.54, 1.807) is 6.92 Å². The maximum atomic E-state index is 11.8. The Hall–Kier alpha value is -1.55. The lowest BCUT2D eigenvalue weighted by molar-refractivity contribution is -0.121. The van der Waals surface area contributed by atoms with Gasteiger partial charge in [-0.2, -0.15) is 0 Å². The van der Waals surface area contributed by atoms with Crippen molar-refractivity contribution >= 4 is 5.91 Å². The van der Waals surface area contributed by atoms with E-state index >= 15 is 0 Å². The lowest BCUT2D eigenvalue weighted by Crippen LogP contribution is -2.35. The molecule has 0 fully saturated rings. The Morgan fingerprint density at radius 2 is 1.95 bits per heavy atom. The highest BCUT2D eigenvalue weighted by Crippen LogP contribution is 2.12. The number of aliphatic hydroxyl groups excluding tert-OH is 1. The molecule has 4 heteroatoms. The van der Waals surface area contributed by atoms with Crippen LogP contribution in [0, 0.1) is 0 Å². The summed E-state index contributed by atoms with van der Waals surface area (Å²) in [5.41, 5.74) is 0.949. The highest BCUT2D eigenvalue weighted by atomic mass is 16.5. The van der Waals surface area contributed by atoms with Gasteiger partial charge in [-0.3, -0.25) is 4.79 Å². The summed E-state index contributed by atoms with van der Waals surface area (Å²) in [6, 6.07) is 7.50. The number of ether oxygens (including phenoxy) is 1. The molecule has 0 bridgehead atoms. The molecular weight excluding hydrogens is 242 g/mol. The predicted molar refractivity (Wildman–Crippen MR) is 75.2 cm³/mol. The Morgan fingerprint density at radius 3 is 2.47 bits per heavy atom. The lowest BCUT2D eigenvalue weighted by atomic mass is 10.1. The summed E-state index contributed by atoms with van der Waals surface area (Å²) in [4.78, 5) is 11.8. The molecule has 1 aromatic carbocycles. The molecule has 19 heavy (non-hydrogen) atoms. The summed E-state index contributed by atoms with van der Waals surface area (Å²) in [6.45, 7) is 6.18. The van der Waals surface area contributed by atoms with E-state index in [2.05, 4.69) is 5.32 Å². The van der Waals surface area contributed by atoms with Gasteiger partial charge in [-0.15, -0.1) is 0 Å². The van der Waals surface area contributed by atoms with Crippen molar-refractivity contribution in [2.45, 2.75) is 45.8 Å². The third-order valence-corrected chi connectivity index (χ3v) is 2.70. The van der Waals surface area contributed by atoms with Crippen molar-refractivity contribution in [2.24, 2.45) is 0 Å². The van der Waals surface area contributed by atoms with Gasteiger partial charge in [-0.25, -0.2) is 0 Å². The van der Waals surface area contributed by atoms with E-state index in [1.165, 1.54) is 0 Å². The summed E-state index contributed by atoms with van der Waals surface area (Å²) in [6.07, 6.45) is 0.506. The molecule has 2 unspecified atom stereocenters. The molecule has 2 N–H and O–H groups in total. The Kier molecular flexibility index (Phi) is 6.36. The Labute approximate surface area is 114 Å². The topological polar surface area (TPSA) is 58.6 Å². The molecule has 2 atom stereocenters. The first-order valence-electron chi connectivity index (χ1n) is 6.70. The van der Waals surface area contributed by atoms with E-state index < -0.39 is 6.10 Å². The van der Waals surface area contributed by atoms with Gasteiger partial charge in [-0.1, -0.05) is 12.1 Å². The molecule has 4 nitrogen and oxygen atoms in total. The predicted octanol–water partition coefficient (Wildman–Crippen LogP) is 1.90. The molecule has 0 aliphatic heterocycles. The molecule has 0 radical (unpaired) electrons. The first kappa shape index (κ1) is 15.5. The summed E-state index contributed by atoms with van der Waals surface area (Å²) < 4.78 is 5.35. The molecule has 0 aromatic heterocycles. The highest BCUT2D eigenvalue weighted by Gasteiger charge is 2.10. The molecule has 1 aromatic rings. The van der Waals surface area contributed by atoms with Crippen LogP contribution in [0.4, 0.5) is 0 Å². The van der Waals surface area contributed by atoms with E-state index in [-0.39, 0.29) is 11.9 Å². The molecule has 0 aliphatic carbocycles. The summed E-state index contributed by atoms with van der Waals surface area (Å²) >= 11 is 0. The fraction of sp³-hybridized carbons (Fsp3) is 0.533. The van der Waals surface area contributed by atoms with Crippen LogP contribution in [-0.4, -0.2) is 29.8 Å². The first-order valence-corrected chi connectivity index (χ1v) is 6.70. The van der Waals surface area contributed by atoms with Gasteiger partial charge in [0.05, 0.1) is 19.1 Å². The third kappa shape index (κ3) is 6.25. The van der Waals surface area contributed by atoms with Crippen LogP contribution >= 0.6 is 0 Å². The average Bonchev–Trinajstić information content (AvgIpc) is 2.30. The van der Waals surface area contributed by atoms with Crippen molar-refractivity contribution in [1.82, 2.24) is 5.32 Å². The van der Waals surface area contributed by atoms with Gasteiger partial charge in [0, 0.05) is 6.04 Å². The van der Waals surface area contributed by atoms with Gasteiger partial charge in [0.15, 0.2) is 0 Å². The van der Waals surface area contributed by atoms with Crippen molar-refractivity contribution < 1.29 is 14.6 Å². The number of rotatable bonds is 7. The van der Waals surface area contributed by atoms with E-state index in [0.29, 0.717) is 19.4 Å². The molecule has 0 aliphatic rings. The number of nitrogens with one attached hydrogen (secondary N) is 1. The van der Waals surface area contributed by atoms with Gasteiger partial charge in [0.25, 0.3) is 0 Å². The minimum absolute atomic E-state index is 0.0183. The molecule has 1 amide bonds. The van der Waals surface area contributed by atoms with Gasteiger partial charge < -0.3 is 15.2 Å². The molecule has 1 rings (SSSR count). The number of carbonyl (C=O) groups excluding carboxylic acids is 1. The van der Waals surface area contributed by atoms with Gasteiger partial charge >= 0.3 is 0 Å². The van der Waals surface area contributed by atoms with Crippen molar-refractivity contribution in [3.05, 3.63) is 29.8 Å². The van der Waals surface area contributed by atoms with E-state index in [4.69, 9.17) is 4.74 Å². The van der Waals surface area contributed by atoms with Crippen LogP contribution in [0.1, 0.15) is 32.8 Å². The van der Waals surface area contributed by atoms with Crippen LogP contribution in [0.2, 0.25) is 0 Å². The SMILES string of the molecule is CCOc1ccc(CC(=O)NC(C)CC(C)O)cc1. The minimum atomic E-state index is -0.402. The molecule has 0 saturated heterocycles. The van der Waals surface area contributed by atoms with Crippen LogP contribution < -0.4 is 10.1 Å². The van der Waals surface area contributed by atoms with Crippen molar-refractivity contribution in [3.63, 3.8) is 0 Å². The van der Waals surface area contributed by atoms with Gasteiger partial charge in [0.1, 0.15) is 5.75 Å². The second kappa shape index (κ2) is 7.79. The second-order valence-electron chi connectivity index (χ2n) is 4.81. The maximum Gasteiger partial charge on any atom is 0.224 e. The number of carbonyl (C=O) groups is 1. The van der Waals surface area contributed by atoms with Crippen molar-refractivity contribution in [2.75, 3.05) is 6.61 Å². The zero-order valence-corrected chi connectivity index (χ0v) is 11.8. The fourth-order valence-electron chi connectivity index (χ4n) is 1.95. The van der Waals surface area contributed by atoms with Crippen molar-refractivity contribution in [3.8, 4) is 5.75 Å². The van der Waals surface area contributed by atoms with E-state index in [9.17, 15) is 9.90 Å². The van der Waals surface area contributed by atoms with Crippen LogP contribution in [-0.2, 0) is 11.2 Å². The summed E-state index contributed by atoms with van der Waals surface area (Å²) in [7, 11) is 0. The molecule has 0 heterocycles. The number of hydrogen-bond acceptors (Lipinski definition) is 3. The lowest BCUT2D eigenvalue weighted by Gasteiger charge is -2.15. The van der Waals surface area contributed by atoms with E-state index in [1.807, 2.05) is 38.1 Å². The average molecular weight is 265 g/mol. The van der Waals surface area contributed by atoms with Crippen molar-refractivity contribution in [1.29, 1.82) is 0 Å². The Morgan fingerprint density at radius 1 is 1.32 bits per heavy atom. The normalized spacial score (nSPS) is 13.7. The van der Waals surface area contributed by atoms with Crippen LogP contribution in [0.25, 0.3) is 0 Å². The highest BCUT2D eigenvalue weighted by molar-refractivity contribution is 5.78. The number of amides is 1. The van der Waals surface area contributed by atoms with Crippen LogP contribution in [0.15, 0.2) is 24.3 Å². The second-order valence-corrected chi connectivity index (χ2v) is 4.81. The van der Waals surface area contributed by atoms with Gasteiger partial charge in [0.2, 0.25) is 5.91 Å². The molecule has 106 valence electrons. The third-order valence-electron chi connectivity index (χ3n) is 2.70. The zero-order valence-electron chi connectivity index (χ0n) is 11.8. The standard InChI is InChI=1S/C15H23NO3/c1-4-19-14-7-5-13(6-8-14)10-15(18)16-11(2)9-12(3)17/h5-8,11-12,17H,4,9-10H2,1-3H3,(H,16,18). The Bertz CT molecular complexity index is 387. The Balaban J connectivity index is 2.43. The van der Waals surface area contributed by atoms with E-state index in [0.717, 1.165) is 11.3 Å². The smallest absolute Gasteiger partial charge is 0.224 e. The molecule has 0 saturated carbocycles. The fourth-order valence-corrected chi connectivity index (χ4v) is 1.95. The summed E-state index contributed by atoms with van der Waals surface area (Å²) in [5.74, 6) is 0.784. The first-order chi connectivity index (χ1) is 9.01. The van der Waals surface area contributed by atoms with Gasteiger partial charge in [-0.05, 0) is 44.9 Å². The number of hydrogen-bond donors (Lipinski definition) is 2. The quantitative estimate of drug-likeness (QED) is 0.791. The number of aliphatic hydroxyl groups is 1. The number of benzene rings is 1.